The highest BCUT2D eigenvalue weighted by atomic mass is 35.5. The van der Waals surface area contributed by atoms with Crippen LogP contribution in [0, 0.1) is 0 Å². The lowest BCUT2D eigenvalue weighted by Gasteiger charge is -2.16. The van der Waals surface area contributed by atoms with Gasteiger partial charge in [0.2, 0.25) is 0 Å². The highest BCUT2D eigenvalue weighted by Crippen LogP contribution is 2.41. The summed E-state index contributed by atoms with van der Waals surface area (Å²) in [5.41, 5.74) is 6.26. The monoisotopic (exact) mass is 316 g/mol. The van der Waals surface area contributed by atoms with Crippen LogP contribution < -0.4 is 14.9 Å². The van der Waals surface area contributed by atoms with Crippen LogP contribution in [0.5, 0.6) is 11.5 Å². The molecule has 1 aliphatic rings. The Morgan fingerprint density at radius 2 is 1.86 bits per heavy atom. The van der Waals surface area contributed by atoms with Gasteiger partial charge in [-0.15, -0.1) is 0 Å². The van der Waals surface area contributed by atoms with E-state index >= 15 is 0 Å². The van der Waals surface area contributed by atoms with Crippen LogP contribution in [-0.4, -0.2) is 19.9 Å². The molecule has 114 valence electrons. The van der Waals surface area contributed by atoms with Crippen LogP contribution in [0.1, 0.15) is 23.6 Å². The molecule has 1 unspecified atom stereocenters. The Hall–Kier alpha value is -2.20. The summed E-state index contributed by atoms with van der Waals surface area (Å²) in [6.07, 6.45) is 0.777. The molecule has 1 atom stereocenters. The fourth-order valence-electron chi connectivity index (χ4n) is 2.61. The highest BCUT2D eigenvalue weighted by molar-refractivity contribution is 6.33. The molecule has 0 radical (unpaired) electrons. The Morgan fingerprint density at radius 3 is 2.55 bits per heavy atom. The van der Waals surface area contributed by atoms with E-state index in [0.29, 0.717) is 16.5 Å². The van der Waals surface area contributed by atoms with Gasteiger partial charge in [0, 0.05) is 6.42 Å². The maximum Gasteiger partial charge on any atom is 0.179 e. The second-order valence-corrected chi connectivity index (χ2v) is 5.39. The number of nitrogens with one attached hydrogen (secondary N) is 1. The first-order valence-corrected chi connectivity index (χ1v) is 7.40. The van der Waals surface area contributed by atoms with E-state index in [0.717, 1.165) is 23.3 Å². The van der Waals surface area contributed by atoms with E-state index in [9.17, 15) is 0 Å². The van der Waals surface area contributed by atoms with E-state index in [4.69, 9.17) is 21.1 Å². The Labute approximate surface area is 134 Å². The number of hydrazone groups is 1. The van der Waals surface area contributed by atoms with E-state index in [1.807, 2.05) is 30.3 Å². The third-order valence-electron chi connectivity index (χ3n) is 3.75. The maximum atomic E-state index is 6.47. The predicted octanol–water partition coefficient (Wildman–Crippen LogP) is 3.80. The number of methoxy groups -OCH3 is 2. The molecule has 0 bridgehead atoms. The molecule has 1 aliphatic heterocycles. The second kappa shape index (κ2) is 6.28. The summed E-state index contributed by atoms with van der Waals surface area (Å²) in [6, 6.07) is 14.0. The topological polar surface area (TPSA) is 42.8 Å². The largest absolute Gasteiger partial charge is 0.493 e. The van der Waals surface area contributed by atoms with Crippen LogP contribution in [0.4, 0.5) is 0 Å². The Kier molecular flexibility index (Phi) is 4.20. The van der Waals surface area contributed by atoms with E-state index in [1.54, 1.807) is 14.2 Å². The van der Waals surface area contributed by atoms with Crippen molar-refractivity contribution >= 4 is 17.3 Å². The summed E-state index contributed by atoms with van der Waals surface area (Å²) < 4.78 is 10.6. The molecule has 0 aliphatic carbocycles. The number of rotatable bonds is 4. The second-order valence-electron chi connectivity index (χ2n) is 5.01. The molecule has 3 rings (SSSR count). The zero-order valence-corrected chi connectivity index (χ0v) is 13.2. The predicted molar refractivity (Wildman–Crippen MR) is 88.0 cm³/mol. The molecule has 0 spiro atoms. The molecule has 22 heavy (non-hydrogen) atoms. The van der Waals surface area contributed by atoms with Gasteiger partial charge in [0.15, 0.2) is 11.5 Å². The van der Waals surface area contributed by atoms with Crippen molar-refractivity contribution < 1.29 is 9.47 Å². The van der Waals surface area contributed by atoms with Crippen molar-refractivity contribution in [1.82, 2.24) is 5.43 Å². The van der Waals surface area contributed by atoms with Gasteiger partial charge in [0.25, 0.3) is 0 Å². The van der Waals surface area contributed by atoms with Gasteiger partial charge in [-0.2, -0.15) is 5.10 Å². The van der Waals surface area contributed by atoms with Crippen LogP contribution in [0.2, 0.25) is 5.02 Å². The van der Waals surface area contributed by atoms with Crippen molar-refractivity contribution in [2.24, 2.45) is 5.10 Å². The molecule has 1 N–H and O–H groups in total. The SMILES string of the molecule is COc1ccc(C2CC(c3ccccc3)=NN2)c(Cl)c1OC. The summed E-state index contributed by atoms with van der Waals surface area (Å²) in [4.78, 5) is 0. The third kappa shape index (κ3) is 2.62. The summed E-state index contributed by atoms with van der Waals surface area (Å²) in [5.74, 6) is 1.18. The molecule has 0 aromatic heterocycles. The summed E-state index contributed by atoms with van der Waals surface area (Å²) in [7, 11) is 3.18. The molecule has 1 heterocycles. The minimum absolute atomic E-state index is 0.0301. The number of benzene rings is 2. The first-order valence-electron chi connectivity index (χ1n) is 7.02. The fraction of sp³-hybridized carbons (Fsp3) is 0.235. The van der Waals surface area contributed by atoms with Gasteiger partial charge < -0.3 is 14.9 Å². The van der Waals surface area contributed by atoms with Crippen molar-refractivity contribution in [1.29, 1.82) is 0 Å². The first kappa shape index (κ1) is 14.7. The van der Waals surface area contributed by atoms with Gasteiger partial charge >= 0.3 is 0 Å². The van der Waals surface area contributed by atoms with Crippen LogP contribution >= 0.6 is 11.6 Å². The quantitative estimate of drug-likeness (QED) is 0.933. The van der Waals surface area contributed by atoms with Crippen LogP contribution in [0.3, 0.4) is 0 Å². The standard InChI is InChI=1S/C17H17ClN2O2/c1-21-15-9-8-12(16(18)17(15)22-2)14-10-13(19-20-14)11-6-4-3-5-7-11/h3-9,14,20H,10H2,1-2H3. The van der Waals surface area contributed by atoms with Crippen LogP contribution in [0.25, 0.3) is 0 Å². The van der Waals surface area contributed by atoms with Gasteiger partial charge in [0.1, 0.15) is 0 Å². The molecular formula is C17H17ClN2O2. The van der Waals surface area contributed by atoms with Crippen LogP contribution in [-0.2, 0) is 0 Å². The molecule has 4 nitrogen and oxygen atoms in total. The van der Waals surface area contributed by atoms with Crippen molar-refractivity contribution in [2.75, 3.05) is 14.2 Å². The molecule has 0 amide bonds. The smallest absolute Gasteiger partial charge is 0.179 e. The molecule has 0 fully saturated rings. The zero-order valence-electron chi connectivity index (χ0n) is 12.5. The lowest BCUT2D eigenvalue weighted by Crippen LogP contribution is -2.11. The molecule has 2 aromatic carbocycles. The van der Waals surface area contributed by atoms with Crippen molar-refractivity contribution in [3.8, 4) is 11.5 Å². The minimum atomic E-state index is 0.0301. The Morgan fingerprint density at radius 1 is 1.09 bits per heavy atom. The number of nitrogens with zero attached hydrogens (tertiary/aromatic N) is 1. The van der Waals surface area contributed by atoms with Gasteiger partial charge in [-0.3, -0.25) is 0 Å². The number of halogens is 1. The van der Waals surface area contributed by atoms with Gasteiger partial charge in [-0.1, -0.05) is 48.0 Å². The van der Waals surface area contributed by atoms with Gasteiger partial charge in [-0.05, 0) is 17.2 Å². The molecule has 5 heteroatoms. The normalized spacial score (nSPS) is 16.9. The van der Waals surface area contributed by atoms with Crippen LogP contribution in [0.15, 0.2) is 47.6 Å². The number of hydrogen-bond donors (Lipinski definition) is 1. The zero-order chi connectivity index (χ0) is 15.5. The van der Waals surface area contributed by atoms with E-state index in [2.05, 4.69) is 22.7 Å². The maximum absolute atomic E-state index is 6.47. The van der Waals surface area contributed by atoms with Gasteiger partial charge in [0.05, 0.1) is 31.0 Å². The van der Waals surface area contributed by atoms with E-state index in [1.165, 1.54) is 0 Å². The van der Waals surface area contributed by atoms with Gasteiger partial charge in [-0.25, -0.2) is 0 Å². The Bertz CT molecular complexity index is 701. The van der Waals surface area contributed by atoms with Crippen molar-refractivity contribution in [2.45, 2.75) is 12.5 Å². The molecule has 0 saturated carbocycles. The average Bonchev–Trinajstić information content (AvgIpc) is 3.05. The first-order chi connectivity index (χ1) is 10.7. The van der Waals surface area contributed by atoms with Crippen molar-refractivity contribution in [3.05, 3.63) is 58.6 Å². The fourth-order valence-corrected chi connectivity index (χ4v) is 2.97. The average molecular weight is 317 g/mol. The van der Waals surface area contributed by atoms with E-state index in [-0.39, 0.29) is 6.04 Å². The third-order valence-corrected chi connectivity index (χ3v) is 4.14. The summed E-state index contributed by atoms with van der Waals surface area (Å²) in [6.45, 7) is 0. The Balaban J connectivity index is 1.86. The van der Waals surface area contributed by atoms with E-state index < -0.39 is 0 Å². The summed E-state index contributed by atoms with van der Waals surface area (Å²) >= 11 is 6.47. The molecular weight excluding hydrogens is 300 g/mol. The number of ether oxygens (including phenoxy) is 2. The summed E-state index contributed by atoms with van der Waals surface area (Å²) in [5, 5.41) is 5.00. The molecule has 0 saturated heterocycles. The highest BCUT2D eigenvalue weighted by Gasteiger charge is 2.25. The lowest BCUT2D eigenvalue weighted by molar-refractivity contribution is 0.354. The van der Waals surface area contributed by atoms with Crippen molar-refractivity contribution in [3.63, 3.8) is 0 Å². The lowest BCUT2D eigenvalue weighted by atomic mass is 9.98. The minimum Gasteiger partial charge on any atom is -0.493 e. The number of hydrogen-bond acceptors (Lipinski definition) is 4. The molecule has 2 aromatic rings.